The van der Waals surface area contributed by atoms with Crippen molar-refractivity contribution < 1.29 is 18.3 Å². The van der Waals surface area contributed by atoms with Crippen molar-refractivity contribution in [2.75, 3.05) is 26.9 Å². The molecule has 1 aliphatic heterocycles. The Labute approximate surface area is 110 Å². The van der Waals surface area contributed by atoms with Gasteiger partial charge in [-0.15, -0.1) is 0 Å². The Kier molecular flexibility index (Phi) is 3.50. The van der Waals surface area contributed by atoms with Gasteiger partial charge in [0.05, 0.1) is 25.9 Å². The Morgan fingerprint density at radius 1 is 1.32 bits per heavy atom. The molecule has 4 nitrogen and oxygen atoms in total. The minimum Gasteiger partial charge on any atom is -0.459 e. The third-order valence-electron chi connectivity index (χ3n) is 3.33. The second-order valence-electron chi connectivity index (χ2n) is 4.58. The van der Waals surface area contributed by atoms with Gasteiger partial charge < -0.3 is 19.2 Å². The first-order valence-electron chi connectivity index (χ1n) is 6.33. The topological polar surface area (TPSA) is 43.6 Å². The minimum absolute atomic E-state index is 0.0934. The van der Waals surface area contributed by atoms with E-state index in [2.05, 4.69) is 5.32 Å². The maximum Gasteiger partial charge on any atom is 0.134 e. The zero-order chi connectivity index (χ0) is 13.2. The highest BCUT2D eigenvalue weighted by molar-refractivity contribution is 5.78. The molecule has 1 aliphatic rings. The van der Waals surface area contributed by atoms with E-state index in [9.17, 15) is 4.39 Å². The fraction of sp³-hybridized carbons (Fsp3) is 0.429. The van der Waals surface area contributed by atoms with Crippen LogP contribution in [0.2, 0.25) is 0 Å². The number of benzene rings is 1. The summed E-state index contributed by atoms with van der Waals surface area (Å²) in [7, 11) is 1.84. The van der Waals surface area contributed by atoms with Crippen molar-refractivity contribution >= 4 is 11.0 Å². The lowest BCUT2D eigenvalue weighted by Crippen LogP contribution is -2.39. The van der Waals surface area contributed by atoms with Crippen LogP contribution >= 0.6 is 0 Å². The van der Waals surface area contributed by atoms with Gasteiger partial charge in [0.2, 0.25) is 0 Å². The fourth-order valence-corrected chi connectivity index (χ4v) is 2.40. The number of rotatable bonds is 3. The van der Waals surface area contributed by atoms with Crippen LogP contribution in [0.1, 0.15) is 11.8 Å². The molecule has 2 aromatic rings. The average Bonchev–Trinajstić information content (AvgIpc) is 2.83. The summed E-state index contributed by atoms with van der Waals surface area (Å²) < 4.78 is 30.0. The molecule has 0 spiro atoms. The molecular weight excluding hydrogens is 249 g/mol. The summed E-state index contributed by atoms with van der Waals surface area (Å²) in [6.45, 7) is 1.73. The monoisotopic (exact) mass is 265 g/mol. The second-order valence-corrected chi connectivity index (χ2v) is 4.58. The van der Waals surface area contributed by atoms with Crippen molar-refractivity contribution in [3.8, 4) is 0 Å². The number of hydrogen-bond donors (Lipinski definition) is 1. The average molecular weight is 265 g/mol. The molecule has 1 aromatic carbocycles. The molecule has 3 rings (SSSR count). The Morgan fingerprint density at radius 3 is 2.95 bits per heavy atom. The summed E-state index contributed by atoms with van der Waals surface area (Å²) in [5.41, 5.74) is 0.674. The highest BCUT2D eigenvalue weighted by Gasteiger charge is 2.28. The van der Waals surface area contributed by atoms with Gasteiger partial charge in [0.15, 0.2) is 0 Å². The summed E-state index contributed by atoms with van der Waals surface area (Å²) in [6, 6.07) is 6.24. The van der Waals surface area contributed by atoms with Gasteiger partial charge >= 0.3 is 0 Å². The van der Waals surface area contributed by atoms with Gasteiger partial charge in [-0.05, 0) is 31.3 Å². The van der Waals surface area contributed by atoms with Crippen molar-refractivity contribution in [1.29, 1.82) is 0 Å². The second kappa shape index (κ2) is 5.28. The van der Waals surface area contributed by atoms with Crippen molar-refractivity contribution in [3.63, 3.8) is 0 Å². The van der Waals surface area contributed by atoms with E-state index in [-0.39, 0.29) is 18.0 Å². The maximum atomic E-state index is 13.2. The zero-order valence-corrected chi connectivity index (χ0v) is 10.7. The first kappa shape index (κ1) is 12.6. The molecule has 19 heavy (non-hydrogen) atoms. The maximum absolute atomic E-state index is 13.2. The Hall–Kier alpha value is -1.43. The number of ether oxygens (including phenoxy) is 2. The molecule has 1 N–H and O–H groups in total. The summed E-state index contributed by atoms with van der Waals surface area (Å²) in [4.78, 5) is 0. The minimum atomic E-state index is -0.266. The predicted molar refractivity (Wildman–Crippen MR) is 68.5 cm³/mol. The summed E-state index contributed by atoms with van der Waals surface area (Å²) in [5.74, 6) is 0.469. The van der Waals surface area contributed by atoms with Crippen molar-refractivity contribution in [2.24, 2.45) is 0 Å². The van der Waals surface area contributed by atoms with Crippen molar-refractivity contribution in [1.82, 2.24) is 5.32 Å². The van der Waals surface area contributed by atoms with Crippen LogP contribution in [0.4, 0.5) is 4.39 Å². The summed E-state index contributed by atoms with van der Waals surface area (Å²) >= 11 is 0. The van der Waals surface area contributed by atoms with Crippen LogP contribution in [0, 0.1) is 5.82 Å². The standard InChI is InChI=1S/C14H16FNO3/c1-16-14(13-8-17-4-5-18-13)12-7-9-6-10(15)2-3-11(9)19-12/h2-3,6-7,13-14,16H,4-5,8H2,1H3. The van der Waals surface area contributed by atoms with Crippen LogP contribution in [-0.2, 0) is 9.47 Å². The SMILES string of the molecule is CNC(c1cc2cc(F)ccc2o1)C1COCCO1. The van der Waals surface area contributed by atoms with E-state index in [1.54, 1.807) is 6.07 Å². The van der Waals surface area contributed by atoms with E-state index in [0.29, 0.717) is 25.4 Å². The van der Waals surface area contributed by atoms with Gasteiger partial charge in [0, 0.05) is 5.39 Å². The molecule has 0 bridgehead atoms. The summed E-state index contributed by atoms with van der Waals surface area (Å²) in [5, 5.41) is 3.93. The normalized spacial score (nSPS) is 21.7. The van der Waals surface area contributed by atoms with E-state index in [0.717, 1.165) is 11.1 Å². The molecular formula is C14H16FNO3. The van der Waals surface area contributed by atoms with Gasteiger partial charge in [-0.2, -0.15) is 0 Å². The van der Waals surface area contributed by atoms with Gasteiger partial charge in [-0.3, -0.25) is 0 Å². The third-order valence-corrected chi connectivity index (χ3v) is 3.33. The number of halogens is 1. The molecule has 1 fully saturated rings. The van der Waals surface area contributed by atoms with Gasteiger partial charge in [0.25, 0.3) is 0 Å². The number of furan rings is 1. The van der Waals surface area contributed by atoms with E-state index < -0.39 is 0 Å². The lowest BCUT2D eigenvalue weighted by molar-refractivity contribution is -0.103. The largest absolute Gasteiger partial charge is 0.459 e. The Bertz CT molecular complexity index is 563. The number of likely N-dealkylation sites (N-methyl/N-ethyl adjacent to an activating group) is 1. The highest BCUT2D eigenvalue weighted by Crippen LogP contribution is 2.28. The van der Waals surface area contributed by atoms with E-state index in [4.69, 9.17) is 13.9 Å². The molecule has 1 saturated heterocycles. The molecule has 2 atom stereocenters. The molecule has 0 radical (unpaired) electrons. The molecule has 2 unspecified atom stereocenters. The smallest absolute Gasteiger partial charge is 0.134 e. The van der Waals surface area contributed by atoms with Crippen LogP contribution in [-0.4, -0.2) is 33.0 Å². The predicted octanol–water partition coefficient (Wildman–Crippen LogP) is 2.25. The number of hydrogen-bond acceptors (Lipinski definition) is 4. The highest BCUT2D eigenvalue weighted by atomic mass is 19.1. The van der Waals surface area contributed by atoms with Gasteiger partial charge in [-0.25, -0.2) is 4.39 Å². The first-order valence-corrected chi connectivity index (χ1v) is 6.33. The lowest BCUT2D eigenvalue weighted by atomic mass is 10.1. The fourth-order valence-electron chi connectivity index (χ4n) is 2.40. The number of fused-ring (bicyclic) bond motifs is 1. The molecule has 0 aliphatic carbocycles. The van der Waals surface area contributed by atoms with E-state index in [1.165, 1.54) is 12.1 Å². The van der Waals surface area contributed by atoms with Crippen LogP contribution in [0.3, 0.4) is 0 Å². The number of nitrogens with one attached hydrogen (secondary N) is 1. The Balaban J connectivity index is 1.91. The summed E-state index contributed by atoms with van der Waals surface area (Å²) in [6.07, 6.45) is -0.0934. The third kappa shape index (κ3) is 2.49. The van der Waals surface area contributed by atoms with Crippen LogP contribution < -0.4 is 5.32 Å². The molecule has 1 aromatic heterocycles. The molecule has 5 heteroatoms. The first-order chi connectivity index (χ1) is 9.28. The Morgan fingerprint density at radius 2 is 2.21 bits per heavy atom. The van der Waals surface area contributed by atoms with E-state index >= 15 is 0 Å². The molecule has 102 valence electrons. The molecule has 0 amide bonds. The van der Waals surface area contributed by atoms with Crippen molar-refractivity contribution in [2.45, 2.75) is 12.1 Å². The quantitative estimate of drug-likeness (QED) is 0.924. The van der Waals surface area contributed by atoms with Gasteiger partial charge in [0.1, 0.15) is 23.3 Å². The van der Waals surface area contributed by atoms with Crippen LogP contribution in [0.25, 0.3) is 11.0 Å². The van der Waals surface area contributed by atoms with Gasteiger partial charge in [-0.1, -0.05) is 0 Å². The molecule has 2 heterocycles. The van der Waals surface area contributed by atoms with Crippen LogP contribution in [0.5, 0.6) is 0 Å². The van der Waals surface area contributed by atoms with E-state index in [1.807, 2.05) is 13.1 Å². The van der Waals surface area contributed by atoms with Crippen LogP contribution in [0.15, 0.2) is 28.7 Å². The molecule has 0 saturated carbocycles. The lowest BCUT2D eigenvalue weighted by Gasteiger charge is -2.28. The zero-order valence-electron chi connectivity index (χ0n) is 10.7. The van der Waals surface area contributed by atoms with Crippen molar-refractivity contribution in [3.05, 3.63) is 35.8 Å².